The predicted octanol–water partition coefficient (Wildman–Crippen LogP) is 3.77. The largest absolute Gasteiger partial charge is 0.490 e. The fourth-order valence-electron chi connectivity index (χ4n) is 2.41. The van der Waals surface area contributed by atoms with E-state index in [0.717, 1.165) is 12.4 Å². The van der Waals surface area contributed by atoms with E-state index in [9.17, 15) is 0 Å². The number of rotatable bonds is 3. The summed E-state index contributed by atoms with van der Waals surface area (Å²) >= 11 is 0. The molecule has 94 valence electrons. The molecule has 0 amide bonds. The van der Waals surface area contributed by atoms with E-state index in [1.54, 1.807) is 0 Å². The first-order valence-electron chi connectivity index (χ1n) is 6.56. The lowest BCUT2D eigenvalue weighted by Gasteiger charge is -2.09. The third-order valence-corrected chi connectivity index (χ3v) is 3.53. The van der Waals surface area contributed by atoms with Gasteiger partial charge in [-0.05, 0) is 34.4 Å². The van der Waals surface area contributed by atoms with Crippen molar-refractivity contribution < 1.29 is 9.47 Å². The van der Waals surface area contributed by atoms with Crippen molar-refractivity contribution in [2.24, 2.45) is 0 Å². The first-order chi connectivity index (χ1) is 9.40. The molecule has 1 aliphatic rings. The molecule has 0 saturated carbocycles. The SMILES string of the molecule is c1ccc2cc3c(OCC4CO4)cccc3cc2c1. The molecule has 0 spiro atoms. The van der Waals surface area contributed by atoms with Gasteiger partial charge in [0.25, 0.3) is 0 Å². The minimum absolute atomic E-state index is 0.288. The van der Waals surface area contributed by atoms with Crippen LogP contribution in [0.3, 0.4) is 0 Å². The van der Waals surface area contributed by atoms with Gasteiger partial charge in [0.15, 0.2) is 0 Å². The van der Waals surface area contributed by atoms with Gasteiger partial charge in [-0.2, -0.15) is 0 Å². The van der Waals surface area contributed by atoms with E-state index in [0.29, 0.717) is 6.61 Å². The Morgan fingerprint density at radius 2 is 1.68 bits per heavy atom. The van der Waals surface area contributed by atoms with Gasteiger partial charge in [0.2, 0.25) is 0 Å². The second kappa shape index (κ2) is 4.25. The molecule has 1 unspecified atom stereocenters. The summed E-state index contributed by atoms with van der Waals surface area (Å²) in [6.45, 7) is 1.47. The quantitative estimate of drug-likeness (QED) is 0.521. The van der Waals surface area contributed by atoms with Crippen LogP contribution in [0.4, 0.5) is 0 Å². The Bertz CT molecular complexity index is 744. The van der Waals surface area contributed by atoms with E-state index in [4.69, 9.17) is 9.47 Å². The van der Waals surface area contributed by atoms with Crippen molar-refractivity contribution in [1.29, 1.82) is 0 Å². The molecule has 1 atom stereocenters. The van der Waals surface area contributed by atoms with E-state index in [2.05, 4.69) is 42.5 Å². The van der Waals surface area contributed by atoms with E-state index in [-0.39, 0.29) is 6.10 Å². The molecule has 1 saturated heterocycles. The van der Waals surface area contributed by atoms with Crippen LogP contribution in [-0.4, -0.2) is 19.3 Å². The lowest BCUT2D eigenvalue weighted by atomic mass is 10.0. The normalized spacial score (nSPS) is 17.8. The average molecular weight is 250 g/mol. The van der Waals surface area contributed by atoms with Gasteiger partial charge in [0.05, 0.1) is 6.61 Å². The monoisotopic (exact) mass is 250 g/mol. The summed E-state index contributed by atoms with van der Waals surface area (Å²) in [6, 6.07) is 19.0. The highest BCUT2D eigenvalue weighted by atomic mass is 16.6. The van der Waals surface area contributed by atoms with Gasteiger partial charge in [0.1, 0.15) is 18.5 Å². The van der Waals surface area contributed by atoms with E-state index in [1.807, 2.05) is 12.1 Å². The Morgan fingerprint density at radius 1 is 0.947 bits per heavy atom. The molecule has 19 heavy (non-hydrogen) atoms. The van der Waals surface area contributed by atoms with Crippen LogP contribution in [0.1, 0.15) is 0 Å². The Kier molecular flexibility index (Phi) is 2.42. The fourth-order valence-corrected chi connectivity index (χ4v) is 2.41. The molecular formula is C17H14O2. The number of ether oxygens (including phenoxy) is 2. The predicted molar refractivity (Wildman–Crippen MR) is 76.7 cm³/mol. The van der Waals surface area contributed by atoms with Crippen LogP contribution in [-0.2, 0) is 4.74 Å². The molecule has 0 aliphatic carbocycles. The molecule has 0 bridgehead atoms. The molecule has 4 rings (SSSR count). The zero-order valence-corrected chi connectivity index (χ0v) is 10.5. The minimum atomic E-state index is 0.288. The number of epoxide rings is 1. The van der Waals surface area contributed by atoms with Gasteiger partial charge < -0.3 is 9.47 Å². The van der Waals surface area contributed by atoms with Crippen molar-refractivity contribution in [3.05, 3.63) is 54.6 Å². The standard InChI is InChI=1S/C17H14O2/c1-2-5-13-9-16-14(8-12(13)4-1)6-3-7-17(16)19-11-15-10-18-15/h1-9,15H,10-11H2. The Hall–Kier alpha value is -2.06. The summed E-state index contributed by atoms with van der Waals surface area (Å²) in [4.78, 5) is 0. The smallest absolute Gasteiger partial charge is 0.127 e. The highest BCUT2D eigenvalue weighted by Gasteiger charge is 2.23. The Balaban J connectivity index is 1.85. The van der Waals surface area contributed by atoms with E-state index >= 15 is 0 Å². The maximum absolute atomic E-state index is 5.87. The number of fused-ring (bicyclic) bond motifs is 2. The summed E-state index contributed by atoms with van der Waals surface area (Å²) < 4.78 is 11.1. The number of benzene rings is 3. The zero-order chi connectivity index (χ0) is 12.7. The highest BCUT2D eigenvalue weighted by Crippen LogP contribution is 2.30. The van der Waals surface area contributed by atoms with E-state index < -0.39 is 0 Å². The van der Waals surface area contributed by atoms with Crippen LogP contribution < -0.4 is 4.74 Å². The van der Waals surface area contributed by atoms with Gasteiger partial charge in [-0.15, -0.1) is 0 Å². The molecule has 2 nitrogen and oxygen atoms in total. The van der Waals surface area contributed by atoms with Crippen LogP contribution in [0.25, 0.3) is 21.5 Å². The molecule has 1 aliphatic heterocycles. The lowest BCUT2D eigenvalue weighted by molar-refractivity contribution is 0.265. The van der Waals surface area contributed by atoms with Crippen LogP contribution >= 0.6 is 0 Å². The first kappa shape index (κ1) is 10.8. The molecule has 0 aromatic heterocycles. The molecule has 1 heterocycles. The Labute approximate surface area is 111 Å². The first-order valence-corrected chi connectivity index (χ1v) is 6.56. The van der Waals surface area contributed by atoms with Crippen molar-refractivity contribution in [2.45, 2.75) is 6.10 Å². The number of hydrogen-bond donors (Lipinski definition) is 0. The third kappa shape index (κ3) is 2.04. The minimum Gasteiger partial charge on any atom is -0.490 e. The van der Waals surface area contributed by atoms with Gasteiger partial charge >= 0.3 is 0 Å². The topological polar surface area (TPSA) is 21.8 Å². The summed E-state index contributed by atoms with van der Waals surface area (Å²) in [6.07, 6.45) is 0.288. The van der Waals surface area contributed by atoms with Gasteiger partial charge in [-0.1, -0.05) is 36.4 Å². The summed E-state index contributed by atoms with van der Waals surface area (Å²) in [5.74, 6) is 0.943. The lowest BCUT2D eigenvalue weighted by Crippen LogP contribution is -2.04. The van der Waals surface area contributed by atoms with Gasteiger partial charge in [-0.3, -0.25) is 0 Å². The average Bonchev–Trinajstić information content (AvgIpc) is 3.27. The van der Waals surface area contributed by atoms with Crippen LogP contribution in [0, 0.1) is 0 Å². The molecule has 0 N–H and O–H groups in total. The molecule has 2 heteroatoms. The van der Waals surface area contributed by atoms with E-state index in [1.165, 1.54) is 21.5 Å². The maximum Gasteiger partial charge on any atom is 0.127 e. The van der Waals surface area contributed by atoms with Gasteiger partial charge in [-0.25, -0.2) is 0 Å². The van der Waals surface area contributed by atoms with Gasteiger partial charge in [0, 0.05) is 5.39 Å². The summed E-state index contributed by atoms with van der Waals surface area (Å²) in [5.41, 5.74) is 0. The summed E-state index contributed by atoms with van der Waals surface area (Å²) in [7, 11) is 0. The van der Waals surface area contributed by atoms with Crippen molar-refractivity contribution in [3.8, 4) is 5.75 Å². The van der Waals surface area contributed by atoms with Crippen LogP contribution in [0.15, 0.2) is 54.6 Å². The second-order valence-corrected chi connectivity index (χ2v) is 4.94. The molecule has 0 radical (unpaired) electrons. The molecule has 3 aromatic carbocycles. The van der Waals surface area contributed by atoms with Crippen molar-refractivity contribution in [3.63, 3.8) is 0 Å². The second-order valence-electron chi connectivity index (χ2n) is 4.94. The van der Waals surface area contributed by atoms with Crippen molar-refractivity contribution in [1.82, 2.24) is 0 Å². The zero-order valence-electron chi connectivity index (χ0n) is 10.5. The molecule has 3 aromatic rings. The molecular weight excluding hydrogens is 236 g/mol. The highest BCUT2D eigenvalue weighted by molar-refractivity contribution is 6.00. The van der Waals surface area contributed by atoms with Crippen molar-refractivity contribution in [2.75, 3.05) is 13.2 Å². The Morgan fingerprint density at radius 3 is 2.47 bits per heavy atom. The summed E-state index contributed by atoms with van der Waals surface area (Å²) in [5, 5.41) is 4.89. The van der Waals surface area contributed by atoms with Crippen LogP contribution in [0.5, 0.6) is 5.75 Å². The fraction of sp³-hybridized carbons (Fsp3) is 0.176. The third-order valence-electron chi connectivity index (χ3n) is 3.53. The molecule has 1 fully saturated rings. The number of hydrogen-bond acceptors (Lipinski definition) is 2. The maximum atomic E-state index is 5.87. The van der Waals surface area contributed by atoms with Crippen LogP contribution in [0.2, 0.25) is 0 Å². The van der Waals surface area contributed by atoms with Crippen molar-refractivity contribution >= 4 is 21.5 Å².